The molecule has 3 aliphatic rings. The number of allylic oxidation sites excluding steroid dienone is 11. The molecule has 0 heterocycles. The summed E-state index contributed by atoms with van der Waals surface area (Å²) in [6.45, 7) is 9.95. The molecule has 0 aromatic carbocycles. The lowest BCUT2D eigenvalue weighted by molar-refractivity contribution is 0.453. The zero-order valence-electron chi connectivity index (χ0n) is 18.8. The van der Waals surface area contributed by atoms with Crippen molar-refractivity contribution < 1.29 is 0 Å². The molecule has 0 atom stereocenters. The Morgan fingerprint density at radius 3 is 2.69 bits per heavy atom. The number of halogens is 1. The number of nitrogens with two attached hydrogens (primary N) is 1. The lowest BCUT2D eigenvalue weighted by Gasteiger charge is -2.30. The highest BCUT2D eigenvalue weighted by Crippen LogP contribution is 2.30. The smallest absolute Gasteiger partial charge is 0.0475 e. The van der Waals surface area contributed by atoms with Gasteiger partial charge in [-0.25, -0.2) is 0 Å². The maximum atomic E-state index is 6.40. The second kappa shape index (κ2) is 11.4. The van der Waals surface area contributed by atoms with Gasteiger partial charge in [-0.3, -0.25) is 0 Å². The van der Waals surface area contributed by atoms with Gasteiger partial charge in [-0.05, 0) is 54.5 Å². The van der Waals surface area contributed by atoms with Crippen molar-refractivity contribution >= 4 is 11.6 Å². The fourth-order valence-electron chi connectivity index (χ4n) is 3.75. The first kappa shape index (κ1) is 23.5. The fourth-order valence-corrected chi connectivity index (χ4v) is 3.89. The van der Waals surface area contributed by atoms with Crippen molar-refractivity contribution in [3.63, 3.8) is 0 Å². The lowest BCUT2D eigenvalue weighted by atomic mass is 10.0. The first-order valence-corrected chi connectivity index (χ1v) is 11.3. The molecule has 4 heteroatoms. The third kappa shape index (κ3) is 6.41. The molecule has 0 aromatic rings. The average molecular weight is 446 g/mol. The van der Waals surface area contributed by atoms with E-state index in [4.69, 9.17) is 17.3 Å². The van der Waals surface area contributed by atoms with E-state index < -0.39 is 0 Å². The van der Waals surface area contributed by atoms with Gasteiger partial charge >= 0.3 is 0 Å². The van der Waals surface area contributed by atoms with Crippen molar-refractivity contribution in [2.75, 3.05) is 20.1 Å². The first-order valence-electron chi connectivity index (χ1n) is 10.9. The minimum absolute atomic E-state index is 0.670. The van der Waals surface area contributed by atoms with Crippen LogP contribution in [-0.2, 0) is 0 Å². The van der Waals surface area contributed by atoms with Crippen LogP contribution in [0.5, 0.6) is 0 Å². The minimum atomic E-state index is 0.670. The van der Waals surface area contributed by atoms with E-state index in [-0.39, 0.29) is 0 Å². The minimum Gasteiger partial charge on any atom is -0.399 e. The summed E-state index contributed by atoms with van der Waals surface area (Å²) in [5.74, 6) is 0. The summed E-state index contributed by atoms with van der Waals surface area (Å²) >= 11 is 6.40. The van der Waals surface area contributed by atoms with Gasteiger partial charge in [0.2, 0.25) is 0 Å². The topological polar surface area (TPSA) is 32.5 Å². The van der Waals surface area contributed by atoms with E-state index in [0.717, 1.165) is 53.6 Å². The predicted octanol–water partition coefficient (Wildman–Crippen LogP) is 6.39. The van der Waals surface area contributed by atoms with E-state index in [1.807, 2.05) is 24.4 Å². The zero-order chi connectivity index (χ0) is 22.9. The molecule has 32 heavy (non-hydrogen) atoms. The van der Waals surface area contributed by atoms with Crippen LogP contribution in [0.2, 0.25) is 0 Å². The fraction of sp³-hybridized carbons (Fsp3) is 0.214. The molecule has 0 fully saturated rings. The van der Waals surface area contributed by atoms with Gasteiger partial charge in [-0.1, -0.05) is 73.4 Å². The van der Waals surface area contributed by atoms with Gasteiger partial charge in [-0.15, -0.1) is 0 Å². The summed E-state index contributed by atoms with van der Waals surface area (Å²) in [7, 11) is 2.06. The standard InChI is InChI=1S/C28H32ClN3/c1-4-32(21-23-11-7-5-6-8-12-23)28-18-16-25(29)15-17-27(28)22(2)31(3)20-24-13-9-10-14-26(30)19-24/h4-5,7-8,10-15,17-19H,1-2,6,9,16,20-21,30H2,3H3. The van der Waals surface area contributed by atoms with Crippen molar-refractivity contribution in [1.82, 2.24) is 9.80 Å². The Kier molecular flexibility index (Phi) is 8.41. The van der Waals surface area contributed by atoms with E-state index in [1.54, 1.807) is 0 Å². The van der Waals surface area contributed by atoms with E-state index in [9.17, 15) is 0 Å². The highest BCUT2D eigenvalue weighted by atomic mass is 35.5. The van der Waals surface area contributed by atoms with Crippen LogP contribution in [0.4, 0.5) is 0 Å². The zero-order valence-corrected chi connectivity index (χ0v) is 19.6. The van der Waals surface area contributed by atoms with Gasteiger partial charge in [0.05, 0.1) is 0 Å². The van der Waals surface area contributed by atoms with E-state index in [0.29, 0.717) is 6.42 Å². The maximum Gasteiger partial charge on any atom is 0.0475 e. The van der Waals surface area contributed by atoms with Gasteiger partial charge in [0, 0.05) is 54.3 Å². The SMILES string of the molecule is C=CN(CC1=CC=CCC=C1)C1=CCC(Cl)=CC=C1C(=C)N(C)CC1=CCC=CC(N)=C1. The van der Waals surface area contributed by atoms with Gasteiger partial charge in [0.1, 0.15) is 0 Å². The summed E-state index contributed by atoms with van der Waals surface area (Å²) < 4.78 is 0. The second-order valence-electron chi connectivity index (χ2n) is 7.97. The van der Waals surface area contributed by atoms with E-state index >= 15 is 0 Å². The predicted molar refractivity (Wildman–Crippen MR) is 138 cm³/mol. The molecule has 3 aliphatic carbocycles. The van der Waals surface area contributed by atoms with Crippen LogP contribution < -0.4 is 5.73 Å². The van der Waals surface area contributed by atoms with Gasteiger partial charge in [0.25, 0.3) is 0 Å². The third-order valence-corrected chi connectivity index (χ3v) is 5.78. The normalized spacial score (nSPS) is 18.1. The number of likely N-dealkylation sites (N-methyl/N-ethyl adjacent to an activating group) is 1. The van der Waals surface area contributed by atoms with E-state index in [2.05, 4.69) is 84.7 Å². The molecule has 0 saturated carbocycles. The summed E-state index contributed by atoms with van der Waals surface area (Å²) in [4.78, 5) is 4.32. The van der Waals surface area contributed by atoms with Crippen LogP contribution in [-0.4, -0.2) is 29.9 Å². The number of rotatable bonds is 8. The summed E-state index contributed by atoms with van der Waals surface area (Å²) in [5.41, 5.74) is 12.2. The highest BCUT2D eigenvalue weighted by molar-refractivity contribution is 6.29. The van der Waals surface area contributed by atoms with Crippen molar-refractivity contribution in [1.29, 1.82) is 0 Å². The third-order valence-electron chi connectivity index (χ3n) is 5.50. The van der Waals surface area contributed by atoms with Crippen LogP contribution in [0.1, 0.15) is 19.3 Å². The number of nitrogens with zero attached hydrogens (tertiary/aromatic N) is 2. The van der Waals surface area contributed by atoms with Gasteiger partial charge in [0.15, 0.2) is 0 Å². The molecule has 166 valence electrons. The molecular weight excluding hydrogens is 414 g/mol. The van der Waals surface area contributed by atoms with Crippen molar-refractivity contribution in [2.45, 2.75) is 19.3 Å². The molecule has 0 aliphatic heterocycles. The Balaban J connectivity index is 1.84. The second-order valence-corrected chi connectivity index (χ2v) is 8.46. The number of hydrogen-bond acceptors (Lipinski definition) is 3. The maximum absolute atomic E-state index is 6.40. The Bertz CT molecular complexity index is 1020. The molecule has 3 nitrogen and oxygen atoms in total. The molecule has 0 spiro atoms. The molecule has 0 bridgehead atoms. The van der Waals surface area contributed by atoms with Crippen LogP contribution >= 0.6 is 11.6 Å². The molecular formula is C28H32ClN3. The van der Waals surface area contributed by atoms with E-state index in [1.165, 1.54) is 11.1 Å². The Morgan fingerprint density at radius 1 is 1.06 bits per heavy atom. The molecule has 0 radical (unpaired) electrons. The van der Waals surface area contributed by atoms with Crippen molar-refractivity contribution in [3.05, 3.63) is 131 Å². The summed E-state index contributed by atoms with van der Waals surface area (Å²) in [6.07, 6.45) is 29.5. The molecule has 2 N–H and O–H groups in total. The molecule has 0 unspecified atom stereocenters. The summed E-state index contributed by atoms with van der Waals surface area (Å²) in [6, 6.07) is 0. The Labute approximate surface area is 197 Å². The lowest BCUT2D eigenvalue weighted by Crippen LogP contribution is -2.26. The molecule has 0 saturated heterocycles. The first-order chi connectivity index (χ1) is 15.5. The monoisotopic (exact) mass is 445 g/mol. The highest BCUT2D eigenvalue weighted by Gasteiger charge is 2.19. The average Bonchev–Trinajstić information content (AvgIpc) is 3.23. The quantitative estimate of drug-likeness (QED) is 0.470. The largest absolute Gasteiger partial charge is 0.399 e. The van der Waals surface area contributed by atoms with Gasteiger partial charge in [-0.2, -0.15) is 0 Å². The molecule has 0 amide bonds. The van der Waals surface area contributed by atoms with Crippen LogP contribution in [0.15, 0.2) is 131 Å². The van der Waals surface area contributed by atoms with Crippen LogP contribution in [0, 0.1) is 0 Å². The van der Waals surface area contributed by atoms with Crippen LogP contribution in [0.3, 0.4) is 0 Å². The van der Waals surface area contributed by atoms with Gasteiger partial charge < -0.3 is 15.5 Å². The molecule has 3 rings (SSSR count). The molecule has 0 aromatic heterocycles. The van der Waals surface area contributed by atoms with Crippen LogP contribution in [0.25, 0.3) is 0 Å². The van der Waals surface area contributed by atoms with Crippen molar-refractivity contribution in [2.24, 2.45) is 5.73 Å². The number of hydrogen-bond donors (Lipinski definition) is 1. The van der Waals surface area contributed by atoms with Crippen molar-refractivity contribution in [3.8, 4) is 0 Å². The summed E-state index contributed by atoms with van der Waals surface area (Å²) in [5, 5.41) is 0.793. The Morgan fingerprint density at radius 2 is 1.88 bits per heavy atom. The Hall–Kier alpha value is -3.17.